The van der Waals surface area contributed by atoms with Crippen LogP contribution in [0, 0.1) is 12.7 Å². The number of carbonyl (C=O) groups excluding carboxylic acids is 2. The molecule has 3 aliphatic rings. The summed E-state index contributed by atoms with van der Waals surface area (Å²) in [6.07, 6.45) is 8.21. The first-order chi connectivity index (χ1) is 22.7. The monoisotopic (exact) mass is 643 g/mol. The molecule has 3 heterocycles. The summed E-state index contributed by atoms with van der Waals surface area (Å²) in [6, 6.07) is 11.9. The number of nitrogens with zero attached hydrogens (tertiary/aromatic N) is 1. The molecule has 0 aliphatic carbocycles. The Labute approximate surface area is 275 Å². The molecule has 1 fully saturated rings. The number of morpholine rings is 1. The van der Waals surface area contributed by atoms with Crippen LogP contribution in [-0.2, 0) is 35.1 Å². The van der Waals surface area contributed by atoms with Crippen LogP contribution < -0.4 is 10.6 Å². The van der Waals surface area contributed by atoms with Gasteiger partial charge in [0.1, 0.15) is 23.3 Å². The van der Waals surface area contributed by atoms with Crippen molar-refractivity contribution in [3.63, 3.8) is 0 Å². The molecule has 5 rings (SSSR count). The number of nitrogens with one attached hydrogen (secondary N) is 2. The number of rotatable bonds is 13. The van der Waals surface area contributed by atoms with E-state index in [-0.39, 0.29) is 23.4 Å². The molecular formula is C37H42FN3O6. The third kappa shape index (κ3) is 7.40. The standard InChI is InChI=1S/C37H42FN3O6/c1-6-8-28(21-25(4)44-5)39-34(27-12-10-26(11-13-27)23-41-17-19-45-20-18-41)37-16-15-31(47-37)32(33(37)36(43)46-7-2)35(42)40-29-14-9-24(3)30(38)22-29/h6,8-16,21-22,31,34,39H,4,7,17-20,23H2,1-3,5H3,(H,40,42)/b8-6-,28-21+. The SMILES string of the molecule is C=C(/C=C(\C=C/C)NC(c1ccc(CN2CCOCC2)cc1)C12C=CC(O1)C(C(=O)Nc1ccc(C)c(F)c1)=C2C(=O)OCC)OC. The molecule has 2 bridgehead atoms. The molecule has 0 spiro atoms. The molecule has 2 aromatic carbocycles. The number of hydrogen-bond acceptors (Lipinski definition) is 8. The third-order valence-electron chi connectivity index (χ3n) is 8.43. The van der Waals surface area contributed by atoms with Gasteiger partial charge in [-0.1, -0.05) is 49.1 Å². The zero-order chi connectivity index (χ0) is 33.6. The van der Waals surface area contributed by atoms with Crippen molar-refractivity contribution in [2.75, 3.05) is 45.3 Å². The predicted octanol–water partition coefficient (Wildman–Crippen LogP) is 5.42. The summed E-state index contributed by atoms with van der Waals surface area (Å²) in [4.78, 5) is 30.0. The van der Waals surface area contributed by atoms with Gasteiger partial charge in [0.15, 0.2) is 0 Å². The number of esters is 1. The first-order valence-electron chi connectivity index (χ1n) is 15.8. The van der Waals surface area contributed by atoms with Crippen molar-refractivity contribution in [1.82, 2.24) is 10.2 Å². The molecule has 2 N–H and O–H groups in total. The van der Waals surface area contributed by atoms with E-state index < -0.39 is 35.4 Å². The van der Waals surface area contributed by atoms with Crippen LogP contribution in [0.5, 0.6) is 0 Å². The lowest BCUT2D eigenvalue weighted by Gasteiger charge is -2.36. The highest BCUT2D eigenvalue weighted by Crippen LogP contribution is 2.51. The van der Waals surface area contributed by atoms with Crippen LogP contribution in [0.15, 0.2) is 102 Å². The van der Waals surface area contributed by atoms with Crippen molar-refractivity contribution in [1.29, 1.82) is 0 Å². The lowest BCUT2D eigenvalue weighted by molar-refractivity contribution is -0.140. The number of amides is 1. The van der Waals surface area contributed by atoms with Crippen molar-refractivity contribution >= 4 is 17.6 Å². The maximum Gasteiger partial charge on any atom is 0.337 e. The molecule has 3 atom stereocenters. The van der Waals surface area contributed by atoms with Gasteiger partial charge in [-0.2, -0.15) is 0 Å². The molecular weight excluding hydrogens is 601 g/mol. The van der Waals surface area contributed by atoms with Crippen LogP contribution in [0.1, 0.15) is 36.6 Å². The van der Waals surface area contributed by atoms with Gasteiger partial charge in [0.05, 0.1) is 44.1 Å². The fraction of sp³-hybridized carbons (Fsp3) is 0.351. The molecule has 1 saturated heterocycles. The Bertz CT molecular complexity index is 1620. The summed E-state index contributed by atoms with van der Waals surface area (Å²) in [5.41, 5.74) is 2.06. The van der Waals surface area contributed by atoms with Crippen molar-refractivity contribution in [2.45, 2.75) is 45.1 Å². The van der Waals surface area contributed by atoms with Crippen LogP contribution in [0.2, 0.25) is 0 Å². The Morgan fingerprint density at radius 1 is 1.19 bits per heavy atom. The van der Waals surface area contributed by atoms with E-state index in [0.717, 1.165) is 30.8 Å². The highest BCUT2D eigenvalue weighted by Gasteiger charge is 2.58. The normalized spacial score (nSPS) is 21.6. The zero-order valence-corrected chi connectivity index (χ0v) is 27.3. The van der Waals surface area contributed by atoms with Gasteiger partial charge < -0.3 is 29.6 Å². The van der Waals surface area contributed by atoms with Crippen molar-refractivity contribution in [2.24, 2.45) is 0 Å². The lowest BCUT2D eigenvalue weighted by Crippen LogP contribution is -2.45. The van der Waals surface area contributed by atoms with Crippen molar-refractivity contribution in [3.05, 3.63) is 125 Å². The minimum absolute atomic E-state index is 0.0808. The van der Waals surface area contributed by atoms with Crippen molar-refractivity contribution < 1.29 is 32.9 Å². The second-order valence-electron chi connectivity index (χ2n) is 11.6. The summed E-state index contributed by atoms with van der Waals surface area (Å²) < 4.78 is 37.3. The summed E-state index contributed by atoms with van der Waals surface area (Å²) in [6.45, 7) is 13.2. The van der Waals surface area contributed by atoms with Gasteiger partial charge in [-0.3, -0.25) is 9.69 Å². The molecule has 47 heavy (non-hydrogen) atoms. The fourth-order valence-electron chi connectivity index (χ4n) is 6.05. The molecule has 2 aromatic rings. The van der Waals surface area contributed by atoms with Gasteiger partial charge in [-0.15, -0.1) is 0 Å². The smallest absolute Gasteiger partial charge is 0.337 e. The summed E-state index contributed by atoms with van der Waals surface area (Å²) in [5, 5.41) is 6.31. The van der Waals surface area contributed by atoms with E-state index in [1.54, 1.807) is 38.1 Å². The highest BCUT2D eigenvalue weighted by molar-refractivity contribution is 6.12. The number of halogens is 1. The maximum atomic E-state index is 14.4. The Morgan fingerprint density at radius 3 is 2.60 bits per heavy atom. The fourth-order valence-corrected chi connectivity index (χ4v) is 6.05. The van der Waals surface area contributed by atoms with E-state index in [0.29, 0.717) is 30.2 Å². The van der Waals surface area contributed by atoms with E-state index >= 15 is 0 Å². The predicted molar refractivity (Wildman–Crippen MR) is 178 cm³/mol. The number of hydrogen-bond donors (Lipinski definition) is 2. The van der Waals surface area contributed by atoms with E-state index in [1.807, 2.05) is 37.3 Å². The quantitative estimate of drug-likeness (QED) is 0.129. The van der Waals surface area contributed by atoms with E-state index in [1.165, 1.54) is 13.2 Å². The molecule has 0 aromatic heterocycles. The van der Waals surface area contributed by atoms with Gasteiger partial charge in [0.25, 0.3) is 5.91 Å². The summed E-state index contributed by atoms with van der Waals surface area (Å²) >= 11 is 0. The van der Waals surface area contributed by atoms with Crippen LogP contribution >= 0.6 is 0 Å². The van der Waals surface area contributed by atoms with Crippen LogP contribution in [0.25, 0.3) is 0 Å². The number of allylic oxidation sites excluding steroid dienone is 3. The molecule has 3 unspecified atom stereocenters. The van der Waals surface area contributed by atoms with Crippen LogP contribution in [0.4, 0.5) is 10.1 Å². The minimum atomic E-state index is -1.43. The Kier molecular flexibility index (Phi) is 10.8. The number of carbonyl (C=O) groups is 2. The van der Waals surface area contributed by atoms with Gasteiger partial charge in [0, 0.05) is 37.1 Å². The highest BCUT2D eigenvalue weighted by atomic mass is 19.1. The molecule has 0 saturated carbocycles. The van der Waals surface area contributed by atoms with Crippen molar-refractivity contribution in [3.8, 4) is 0 Å². The largest absolute Gasteiger partial charge is 0.497 e. The van der Waals surface area contributed by atoms with Gasteiger partial charge in [-0.25, -0.2) is 9.18 Å². The second-order valence-corrected chi connectivity index (χ2v) is 11.6. The van der Waals surface area contributed by atoms with Crippen LogP contribution in [-0.4, -0.2) is 68.5 Å². The third-order valence-corrected chi connectivity index (χ3v) is 8.43. The number of ether oxygens (including phenoxy) is 4. The van der Waals surface area contributed by atoms with E-state index in [9.17, 15) is 14.0 Å². The molecule has 3 aliphatic heterocycles. The average Bonchev–Trinajstić information content (AvgIpc) is 3.64. The van der Waals surface area contributed by atoms with Gasteiger partial charge >= 0.3 is 5.97 Å². The molecule has 248 valence electrons. The number of aryl methyl sites for hydroxylation is 1. The summed E-state index contributed by atoms with van der Waals surface area (Å²) in [7, 11) is 1.53. The molecule has 1 amide bonds. The average molecular weight is 644 g/mol. The Morgan fingerprint density at radius 2 is 1.94 bits per heavy atom. The topological polar surface area (TPSA) is 98.4 Å². The molecule has 9 nitrogen and oxygen atoms in total. The lowest BCUT2D eigenvalue weighted by atomic mass is 9.78. The first-order valence-corrected chi connectivity index (χ1v) is 15.8. The number of anilines is 1. The van der Waals surface area contributed by atoms with Gasteiger partial charge in [-0.05, 0) is 61.7 Å². The maximum absolute atomic E-state index is 14.4. The summed E-state index contributed by atoms with van der Waals surface area (Å²) in [5.74, 6) is -1.29. The number of benzene rings is 2. The Balaban J connectivity index is 1.59. The van der Waals surface area contributed by atoms with E-state index in [2.05, 4.69) is 34.2 Å². The Hall–Kier alpha value is -4.51. The van der Waals surface area contributed by atoms with Gasteiger partial charge in [0.2, 0.25) is 0 Å². The zero-order valence-electron chi connectivity index (χ0n) is 27.3. The van der Waals surface area contributed by atoms with E-state index in [4.69, 9.17) is 18.9 Å². The second kappa shape index (κ2) is 14.9. The minimum Gasteiger partial charge on any atom is -0.497 e. The molecule has 0 radical (unpaired) electrons. The molecule has 10 heteroatoms. The van der Waals surface area contributed by atoms with Crippen LogP contribution in [0.3, 0.4) is 0 Å². The first kappa shape index (κ1) is 33.8. The number of methoxy groups -OCH3 is 1. The number of fused-ring (bicyclic) bond motifs is 2.